The smallest absolute Gasteiger partial charge is 0.0852 e. The van der Waals surface area contributed by atoms with Crippen LogP contribution in [0.5, 0.6) is 0 Å². The molecule has 0 bridgehead atoms. The highest BCUT2D eigenvalue weighted by molar-refractivity contribution is 5.93. The van der Waals surface area contributed by atoms with Crippen molar-refractivity contribution in [2.75, 3.05) is 0 Å². The first-order valence-corrected chi connectivity index (χ1v) is 7.92. The van der Waals surface area contributed by atoms with E-state index in [2.05, 4.69) is 45.0 Å². The van der Waals surface area contributed by atoms with Gasteiger partial charge in [-0.25, -0.2) is 0 Å². The van der Waals surface area contributed by atoms with Crippen molar-refractivity contribution in [1.82, 2.24) is 0 Å². The molecule has 0 heterocycles. The van der Waals surface area contributed by atoms with Crippen LogP contribution in [-0.4, -0.2) is 5.11 Å². The molecule has 1 nitrogen and oxygen atoms in total. The Labute approximate surface area is 133 Å². The standard InChI is InChI=1S/C21H24O/c1-13-12-19(15(3)14(13)2)18-11-10-16-8-6-7-9-17(16)20(18)21(4,5)22/h6-11,22H,12H2,1-5H3. The van der Waals surface area contributed by atoms with Crippen molar-refractivity contribution in [2.24, 2.45) is 0 Å². The Morgan fingerprint density at radius 3 is 2.18 bits per heavy atom. The summed E-state index contributed by atoms with van der Waals surface area (Å²) in [5, 5.41) is 13.1. The molecule has 2 aromatic rings. The topological polar surface area (TPSA) is 20.2 Å². The second-order valence-corrected chi connectivity index (χ2v) is 6.95. The maximum Gasteiger partial charge on any atom is 0.0852 e. The minimum atomic E-state index is -0.867. The molecule has 114 valence electrons. The summed E-state index contributed by atoms with van der Waals surface area (Å²) >= 11 is 0. The second-order valence-electron chi connectivity index (χ2n) is 6.95. The fourth-order valence-corrected chi connectivity index (χ4v) is 3.56. The lowest BCUT2D eigenvalue weighted by atomic mass is 9.84. The Bertz CT molecular complexity index is 813. The molecule has 0 fully saturated rings. The van der Waals surface area contributed by atoms with Gasteiger partial charge < -0.3 is 5.11 Å². The van der Waals surface area contributed by atoms with Crippen molar-refractivity contribution >= 4 is 16.3 Å². The lowest BCUT2D eigenvalue weighted by molar-refractivity contribution is 0.0799. The highest BCUT2D eigenvalue weighted by Gasteiger charge is 2.27. The minimum absolute atomic E-state index is 0.867. The molecule has 0 saturated heterocycles. The van der Waals surface area contributed by atoms with E-state index in [1.807, 2.05) is 26.0 Å². The molecule has 0 unspecified atom stereocenters. The second kappa shape index (κ2) is 5.10. The molecule has 0 spiro atoms. The van der Waals surface area contributed by atoms with Gasteiger partial charge >= 0.3 is 0 Å². The molecule has 2 aromatic carbocycles. The number of rotatable bonds is 2. The number of fused-ring (bicyclic) bond motifs is 1. The SMILES string of the molecule is CC1=C(C)C(C)=C(c2ccc3ccccc3c2C(C)(C)O)C1. The van der Waals surface area contributed by atoms with Gasteiger partial charge in [-0.15, -0.1) is 0 Å². The van der Waals surface area contributed by atoms with Crippen LogP contribution in [0.3, 0.4) is 0 Å². The summed E-state index contributed by atoms with van der Waals surface area (Å²) in [5.74, 6) is 0. The third-order valence-corrected chi connectivity index (χ3v) is 4.96. The van der Waals surface area contributed by atoms with Crippen molar-refractivity contribution in [2.45, 2.75) is 46.6 Å². The first-order chi connectivity index (χ1) is 10.3. The Hall–Kier alpha value is -1.86. The van der Waals surface area contributed by atoms with E-state index in [0.29, 0.717) is 0 Å². The van der Waals surface area contributed by atoms with Crippen molar-refractivity contribution in [3.05, 3.63) is 64.2 Å². The summed E-state index contributed by atoms with van der Waals surface area (Å²) in [6, 6.07) is 12.7. The van der Waals surface area contributed by atoms with Crippen LogP contribution < -0.4 is 0 Å². The molecule has 0 atom stereocenters. The van der Waals surface area contributed by atoms with Gasteiger partial charge in [-0.2, -0.15) is 0 Å². The van der Waals surface area contributed by atoms with Crippen molar-refractivity contribution in [1.29, 1.82) is 0 Å². The van der Waals surface area contributed by atoms with Crippen molar-refractivity contribution < 1.29 is 5.11 Å². The first-order valence-electron chi connectivity index (χ1n) is 7.92. The van der Waals surface area contributed by atoms with Crippen LogP contribution in [0.15, 0.2) is 53.1 Å². The van der Waals surface area contributed by atoms with E-state index >= 15 is 0 Å². The number of hydrogen-bond donors (Lipinski definition) is 1. The zero-order valence-electron chi connectivity index (χ0n) is 14.1. The van der Waals surface area contributed by atoms with E-state index in [1.54, 1.807) is 0 Å². The minimum Gasteiger partial charge on any atom is -0.386 e. The molecule has 1 heteroatoms. The quantitative estimate of drug-likeness (QED) is 0.766. The Morgan fingerprint density at radius 2 is 1.59 bits per heavy atom. The van der Waals surface area contributed by atoms with Crippen LogP contribution in [0.2, 0.25) is 0 Å². The van der Waals surface area contributed by atoms with E-state index in [9.17, 15) is 5.11 Å². The molecular weight excluding hydrogens is 268 g/mol. The van der Waals surface area contributed by atoms with Crippen LogP contribution >= 0.6 is 0 Å². The Kier molecular flexibility index (Phi) is 3.49. The molecule has 1 N–H and O–H groups in total. The van der Waals surface area contributed by atoms with Crippen LogP contribution in [0.4, 0.5) is 0 Å². The molecule has 0 amide bonds. The van der Waals surface area contributed by atoms with Crippen LogP contribution in [0.1, 0.15) is 52.2 Å². The third-order valence-electron chi connectivity index (χ3n) is 4.96. The third kappa shape index (κ3) is 2.30. The molecule has 0 saturated carbocycles. The Morgan fingerprint density at radius 1 is 0.909 bits per heavy atom. The van der Waals surface area contributed by atoms with Gasteiger partial charge in [-0.1, -0.05) is 42.0 Å². The van der Waals surface area contributed by atoms with Gasteiger partial charge in [0.15, 0.2) is 0 Å². The van der Waals surface area contributed by atoms with Gasteiger partial charge in [0.25, 0.3) is 0 Å². The fraction of sp³-hybridized carbons (Fsp3) is 0.333. The summed E-state index contributed by atoms with van der Waals surface area (Å²) in [6.45, 7) is 10.4. The highest BCUT2D eigenvalue weighted by Crippen LogP contribution is 2.43. The number of hydrogen-bond acceptors (Lipinski definition) is 1. The summed E-state index contributed by atoms with van der Waals surface area (Å²) in [6.07, 6.45) is 0.985. The summed E-state index contributed by atoms with van der Waals surface area (Å²) in [4.78, 5) is 0. The van der Waals surface area contributed by atoms with Gasteiger partial charge in [0.05, 0.1) is 5.60 Å². The van der Waals surface area contributed by atoms with E-state index in [4.69, 9.17) is 0 Å². The number of allylic oxidation sites excluding steroid dienone is 4. The molecule has 22 heavy (non-hydrogen) atoms. The van der Waals surface area contributed by atoms with E-state index in [1.165, 1.54) is 33.2 Å². The predicted octanol–water partition coefficient (Wildman–Crippen LogP) is 5.58. The molecular formula is C21H24O. The Balaban J connectivity index is 2.33. The van der Waals surface area contributed by atoms with Crippen LogP contribution in [0.25, 0.3) is 16.3 Å². The molecule has 1 aliphatic carbocycles. The fourth-order valence-electron chi connectivity index (χ4n) is 3.56. The largest absolute Gasteiger partial charge is 0.386 e. The van der Waals surface area contributed by atoms with Gasteiger partial charge in [0.1, 0.15) is 0 Å². The van der Waals surface area contributed by atoms with E-state index < -0.39 is 5.60 Å². The zero-order chi connectivity index (χ0) is 16.1. The van der Waals surface area contributed by atoms with Crippen LogP contribution in [-0.2, 0) is 5.60 Å². The lowest BCUT2D eigenvalue weighted by Crippen LogP contribution is -2.18. The average molecular weight is 292 g/mol. The monoisotopic (exact) mass is 292 g/mol. The number of aliphatic hydroxyl groups is 1. The number of benzene rings is 2. The zero-order valence-corrected chi connectivity index (χ0v) is 14.1. The molecule has 0 aliphatic heterocycles. The van der Waals surface area contributed by atoms with Crippen molar-refractivity contribution in [3.8, 4) is 0 Å². The van der Waals surface area contributed by atoms with Gasteiger partial charge in [-0.3, -0.25) is 0 Å². The first kappa shape index (κ1) is 15.1. The maximum absolute atomic E-state index is 10.8. The van der Waals surface area contributed by atoms with Gasteiger partial charge in [0, 0.05) is 0 Å². The predicted molar refractivity (Wildman–Crippen MR) is 94.8 cm³/mol. The normalized spacial score (nSPS) is 16.1. The van der Waals surface area contributed by atoms with Crippen molar-refractivity contribution in [3.63, 3.8) is 0 Å². The average Bonchev–Trinajstić information content (AvgIpc) is 2.72. The highest BCUT2D eigenvalue weighted by atomic mass is 16.3. The van der Waals surface area contributed by atoms with Gasteiger partial charge in [0.2, 0.25) is 0 Å². The summed E-state index contributed by atoms with van der Waals surface area (Å²) in [5.41, 5.74) is 6.92. The molecule has 0 aromatic heterocycles. The summed E-state index contributed by atoms with van der Waals surface area (Å²) in [7, 11) is 0. The van der Waals surface area contributed by atoms with Crippen LogP contribution in [0, 0.1) is 0 Å². The molecule has 3 rings (SSSR count). The molecule has 0 radical (unpaired) electrons. The lowest BCUT2D eigenvalue weighted by Gasteiger charge is -2.25. The van der Waals surface area contributed by atoms with Gasteiger partial charge in [-0.05, 0) is 79.7 Å². The van der Waals surface area contributed by atoms with E-state index in [0.717, 1.165) is 17.4 Å². The maximum atomic E-state index is 10.8. The molecule has 1 aliphatic rings. The summed E-state index contributed by atoms with van der Waals surface area (Å²) < 4.78 is 0. The van der Waals surface area contributed by atoms with E-state index in [-0.39, 0.29) is 0 Å².